The highest BCUT2D eigenvalue weighted by atomic mass is 32.2. The number of halogens is 1. The van der Waals surface area contributed by atoms with E-state index < -0.39 is 10.8 Å². The average Bonchev–Trinajstić information content (AvgIpc) is 2.28. The summed E-state index contributed by atoms with van der Waals surface area (Å²) in [7, 11) is -0.838. The monoisotopic (exact) mass is 241 g/mol. The van der Waals surface area contributed by atoms with Gasteiger partial charge in [0.1, 0.15) is 5.82 Å². The minimum absolute atomic E-state index is 0.110. The van der Waals surface area contributed by atoms with Crippen LogP contribution >= 0.6 is 0 Å². The van der Waals surface area contributed by atoms with Gasteiger partial charge in [-0.1, -0.05) is 25.1 Å². The first-order valence-corrected chi connectivity index (χ1v) is 7.05. The maximum atomic E-state index is 13.6. The fourth-order valence-corrected chi connectivity index (χ4v) is 3.60. The molecule has 1 aliphatic heterocycles. The predicted molar refractivity (Wildman–Crippen MR) is 64.2 cm³/mol. The van der Waals surface area contributed by atoms with Crippen molar-refractivity contribution in [1.29, 1.82) is 0 Å². The van der Waals surface area contributed by atoms with E-state index in [-0.39, 0.29) is 17.9 Å². The highest BCUT2D eigenvalue weighted by Crippen LogP contribution is 2.22. The van der Waals surface area contributed by atoms with Crippen molar-refractivity contribution in [3.05, 3.63) is 35.6 Å². The van der Waals surface area contributed by atoms with Gasteiger partial charge < -0.3 is 5.32 Å². The second kappa shape index (κ2) is 5.06. The van der Waals surface area contributed by atoms with Crippen LogP contribution in [-0.2, 0) is 10.8 Å². The predicted octanol–water partition coefficient (Wildman–Crippen LogP) is 2.00. The molecule has 1 heterocycles. The van der Waals surface area contributed by atoms with E-state index in [1.807, 2.05) is 6.07 Å². The van der Waals surface area contributed by atoms with E-state index in [2.05, 4.69) is 12.2 Å². The third-order valence-corrected chi connectivity index (χ3v) is 4.43. The van der Waals surface area contributed by atoms with Crippen LogP contribution in [0.2, 0.25) is 0 Å². The van der Waals surface area contributed by atoms with Gasteiger partial charge in [0, 0.05) is 40.0 Å². The Morgan fingerprint density at radius 3 is 2.88 bits per heavy atom. The molecule has 1 saturated heterocycles. The number of hydrogen-bond donors (Lipinski definition) is 1. The largest absolute Gasteiger partial charge is 0.305 e. The lowest BCUT2D eigenvalue weighted by Gasteiger charge is -2.30. The molecule has 0 aliphatic carbocycles. The zero-order chi connectivity index (χ0) is 11.5. The molecular formula is C12H16FNOS. The number of rotatable bonds is 2. The van der Waals surface area contributed by atoms with E-state index in [4.69, 9.17) is 0 Å². The molecular weight excluding hydrogens is 225 g/mol. The van der Waals surface area contributed by atoms with Crippen LogP contribution in [0.4, 0.5) is 4.39 Å². The molecule has 3 atom stereocenters. The Bertz CT molecular complexity index is 396. The lowest BCUT2D eigenvalue weighted by Crippen LogP contribution is -2.44. The zero-order valence-corrected chi connectivity index (χ0v) is 10.1. The van der Waals surface area contributed by atoms with Crippen molar-refractivity contribution in [1.82, 2.24) is 5.32 Å². The number of hydrogen-bond acceptors (Lipinski definition) is 2. The maximum absolute atomic E-state index is 13.6. The van der Waals surface area contributed by atoms with Gasteiger partial charge in [0.15, 0.2) is 0 Å². The van der Waals surface area contributed by atoms with Crippen LogP contribution in [0.1, 0.15) is 24.9 Å². The summed E-state index contributed by atoms with van der Waals surface area (Å²) in [5.74, 6) is 0.979. The van der Waals surface area contributed by atoms with Crippen molar-refractivity contribution < 1.29 is 8.60 Å². The second-order valence-electron chi connectivity index (χ2n) is 4.12. The van der Waals surface area contributed by atoms with Crippen LogP contribution in [0.15, 0.2) is 24.3 Å². The van der Waals surface area contributed by atoms with E-state index in [9.17, 15) is 8.60 Å². The molecule has 4 heteroatoms. The van der Waals surface area contributed by atoms with E-state index in [1.165, 1.54) is 6.07 Å². The van der Waals surface area contributed by atoms with Gasteiger partial charge in [0.2, 0.25) is 0 Å². The molecule has 0 spiro atoms. The molecule has 0 bridgehead atoms. The summed E-state index contributed by atoms with van der Waals surface area (Å²) in [4.78, 5) is 0. The lowest BCUT2D eigenvalue weighted by atomic mass is 10.1. The molecule has 2 nitrogen and oxygen atoms in total. The SMILES string of the molecule is CCC1CS(=O)CC(c2ccccc2F)N1. The Kier molecular flexibility index (Phi) is 3.71. The quantitative estimate of drug-likeness (QED) is 0.858. The second-order valence-corrected chi connectivity index (χ2v) is 5.67. The van der Waals surface area contributed by atoms with Gasteiger partial charge in [-0.2, -0.15) is 0 Å². The molecule has 0 aromatic heterocycles. The highest BCUT2D eigenvalue weighted by Gasteiger charge is 2.27. The number of nitrogens with one attached hydrogen (secondary N) is 1. The Hall–Kier alpha value is -0.740. The summed E-state index contributed by atoms with van der Waals surface area (Å²) < 4.78 is 25.3. The molecule has 0 amide bonds. The Morgan fingerprint density at radius 2 is 2.19 bits per heavy atom. The van der Waals surface area contributed by atoms with E-state index >= 15 is 0 Å². The molecule has 1 aromatic rings. The molecule has 88 valence electrons. The average molecular weight is 241 g/mol. The van der Waals surface area contributed by atoms with Crippen LogP contribution in [0, 0.1) is 5.82 Å². The molecule has 1 aromatic carbocycles. The van der Waals surface area contributed by atoms with Crippen molar-refractivity contribution in [3.8, 4) is 0 Å². The van der Waals surface area contributed by atoms with Crippen molar-refractivity contribution >= 4 is 10.8 Å². The summed E-state index contributed by atoms with van der Waals surface area (Å²) >= 11 is 0. The van der Waals surface area contributed by atoms with Crippen LogP contribution in [0.25, 0.3) is 0 Å². The zero-order valence-electron chi connectivity index (χ0n) is 9.28. The topological polar surface area (TPSA) is 29.1 Å². The van der Waals surface area contributed by atoms with Crippen LogP contribution in [0.5, 0.6) is 0 Å². The van der Waals surface area contributed by atoms with Crippen LogP contribution in [-0.4, -0.2) is 21.8 Å². The summed E-state index contributed by atoms with van der Waals surface area (Å²) in [5.41, 5.74) is 0.633. The highest BCUT2D eigenvalue weighted by molar-refractivity contribution is 7.85. The van der Waals surface area contributed by atoms with Crippen molar-refractivity contribution in [3.63, 3.8) is 0 Å². The molecule has 1 fully saturated rings. The first kappa shape index (κ1) is 11.7. The van der Waals surface area contributed by atoms with Gasteiger partial charge in [-0.25, -0.2) is 4.39 Å². The van der Waals surface area contributed by atoms with Crippen molar-refractivity contribution in [2.45, 2.75) is 25.4 Å². The van der Waals surface area contributed by atoms with Gasteiger partial charge in [-0.05, 0) is 12.5 Å². The standard InChI is InChI=1S/C12H16FNOS/c1-2-9-7-16(15)8-12(14-9)10-5-3-4-6-11(10)13/h3-6,9,12,14H,2,7-8H2,1H3. The van der Waals surface area contributed by atoms with Gasteiger partial charge in [0.05, 0.1) is 0 Å². The molecule has 1 N–H and O–H groups in total. The smallest absolute Gasteiger partial charge is 0.128 e. The maximum Gasteiger partial charge on any atom is 0.128 e. The van der Waals surface area contributed by atoms with Gasteiger partial charge in [0.25, 0.3) is 0 Å². The van der Waals surface area contributed by atoms with E-state index in [1.54, 1.807) is 12.1 Å². The Labute approximate surface area is 97.7 Å². The molecule has 3 unspecified atom stereocenters. The van der Waals surface area contributed by atoms with E-state index in [0.717, 1.165) is 6.42 Å². The third kappa shape index (κ3) is 2.50. The number of benzene rings is 1. The summed E-state index contributed by atoms with van der Waals surface area (Å²) in [6, 6.07) is 6.84. The molecule has 2 rings (SSSR count). The van der Waals surface area contributed by atoms with Crippen LogP contribution in [0.3, 0.4) is 0 Å². The van der Waals surface area contributed by atoms with Gasteiger partial charge in [-0.15, -0.1) is 0 Å². The molecule has 0 radical (unpaired) electrons. The molecule has 16 heavy (non-hydrogen) atoms. The van der Waals surface area contributed by atoms with Crippen molar-refractivity contribution in [2.24, 2.45) is 0 Å². The minimum atomic E-state index is -0.838. The normalized spacial score (nSPS) is 30.2. The van der Waals surface area contributed by atoms with Crippen LogP contribution < -0.4 is 5.32 Å². The fourth-order valence-electron chi connectivity index (χ4n) is 2.03. The first-order chi connectivity index (χ1) is 7.70. The summed E-state index contributed by atoms with van der Waals surface area (Å²) in [6.07, 6.45) is 0.927. The van der Waals surface area contributed by atoms with Gasteiger partial charge >= 0.3 is 0 Å². The molecule has 1 aliphatic rings. The Morgan fingerprint density at radius 1 is 1.44 bits per heavy atom. The van der Waals surface area contributed by atoms with Gasteiger partial charge in [-0.3, -0.25) is 4.21 Å². The lowest BCUT2D eigenvalue weighted by molar-refractivity contribution is 0.442. The first-order valence-electron chi connectivity index (χ1n) is 5.56. The van der Waals surface area contributed by atoms with E-state index in [0.29, 0.717) is 17.1 Å². The third-order valence-electron chi connectivity index (χ3n) is 2.95. The fraction of sp³-hybridized carbons (Fsp3) is 0.500. The molecule has 0 saturated carbocycles. The minimum Gasteiger partial charge on any atom is -0.305 e. The summed E-state index contributed by atoms with van der Waals surface area (Å²) in [6.45, 7) is 2.05. The van der Waals surface area contributed by atoms with Crippen molar-refractivity contribution in [2.75, 3.05) is 11.5 Å². The Balaban J connectivity index is 2.21. The summed E-state index contributed by atoms with van der Waals surface area (Å²) in [5, 5.41) is 3.36.